The van der Waals surface area contributed by atoms with Crippen molar-refractivity contribution < 1.29 is 8.42 Å². The van der Waals surface area contributed by atoms with E-state index in [1.54, 1.807) is 6.07 Å². The van der Waals surface area contributed by atoms with Gasteiger partial charge in [0, 0.05) is 11.6 Å². The molecule has 1 aliphatic heterocycles. The summed E-state index contributed by atoms with van der Waals surface area (Å²) in [6, 6.07) is 3.22. The van der Waals surface area contributed by atoms with E-state index in [-0.39, 0.29) is 28.7 Å². The summed E-state index contributed by atoms with van der Waals surface area (Å²) in [4.78, 5) is 14.0. The van der Waals surface area contributed by atoms with Gasteiger partial charge in [-0.2, -0.15) is 0 Å². The minimum Gasteiger partial charge on any atom is -0.394 e. The Morgan fingerprint density at radius 3 is 2.75 bits per heavy atom. The first-order valence-corrected chi connectivity index (χ1v) is 6.99. The van der Waals surface area contributed by atoms with Gasteiger partial charge in [0.15, 0.2) is 9.84 Å². The number of aromatic nitrogens is 1. The first-order chi connectivity index (χ1) is 7.48. The third kappa shape index (κ3) is 2.27. The summed E-state index contributed by atoms with van der Waals surface area (Å²) in [6.45, 7) is 0. The summed E-state index contributed by atoms with van der Waals surface area (Å²) in [5, 5.41) is 0. The molecule has 88 valence electrons. The normalized spacial score (nSPS) is 24.1. The number of aromatic amines is 1. The van der Waals surface area contributed by atoms with Gasteiger partial charge in [0.2, 0.25) is 0 Å². The molecular formula is C10H14N2O3S. The number of sulfone groups is 1. The van der Waals surface area contributed by atoms with E-state index in [0.29, 0.717) is 12.1 Å². The lowest BCUT2D eigenvalue weighted by atomic mass is 10.0. The van der Waals surface area contributed by atoms with Crippen molar-refractivity contribution in [1.82, 2.24) is 4.98 Å². The highest BCUT2D eigenvalue weighted by Crippen LogP contribution is 2.26. The molecule has 2 heterocycles. The second-order valence-corrected chi connectivity index (χ2v) is 6.38. The Hall–Kier alpha value is -1.30. The van der Waals surface area contributed by atoms with Gasteiger partial charge < -0.3 is 10.7 Å². The van der Waals surface area contributed by atoms with Gasteiger partial charge in [-0.15, -0.1) is 0 Å². The molecule has 16 heavy (non-hydrogen) atoms. The van der Waals surface area contributed by atoms with Gasteiger partial charge in [0.05, 0.1) is 17.2 Å². The average molecular weight is 242 g/mol. The minimum atomic E-state index is -2.96. The SMILES string of the molecule is Nc1ccc(C2CCCS(=O)(=O)C2)[nH]c1=O. The van der Waals surface area contributed by atoms with Gasteiger partial charge in [-0.3, -0.25) is 4.79 Å². The molecule has 6 heteroatoms. The molecule has 0 saturated carbocycles. The molecule has 1 atom stereocenters. The van der Waals surface area contributed by atoms with E-state index >= 15 is 0 Å². The predicted molar refractivity (Wildman–Crippen MR) is 62.1 cm³/mol. The number of anilines is 1. The molecule has 3 N–H and O–H groups in total. The van der Waals surface area contributed by atoms with Crippen LogP contribution in [0.25, 0.3) is 0 Å². The van der Waals surface area contributed by atoms with E-state index < -0.39 is 9.84 Å². The van der Waals surface area contributed by atoms with Crippen LogP contribution in [0.3, 0.4) is 0 Å². The van der Waals surface area contributed by atoms with Gasteiger partial charge >= 0.3 is 0 Å². The fourth-order valence-corrected chi connectivity index (χ4v) is 3.74. The lowest BCUT2D eigenvalue weighted by Gasteiger charge is -2.21. The standard InChI is InChI=1S/C10H14N2O3S/c11-8-3-4-9(12-10(8)13)7-2-1-5-16(14,15)6-7/h3-4,7H,1-2,5-6,11H2,(H,12,13). The van der Waals surface area contributed by atoms with Crippen LogP contribution in [0, 0.1) is 0 Å². The largest absolute Gasteiger partial charge is 0.394 e. The predicted octanol–water partition coefficient (Wildman–Crippen LogP) is 0.249. The number of nitrogen functional groups attached to an aromatic ring is 1. The van der Waals surface area contributed by atoms with E-state index in [4.69, 9.17) is 5.73 Å². The van der Waals surface area contributed by atoms with E-state index in [1.165, 1.54) is 6.07 Å². The van der Waals surface area contributed by atoms with Gasteiger partial charge in [-0.05, 0) is 25.0 Å². The van der Waals surface area contributed by atoms with E-state index in [2.05, 4.69) is 4.98 Å². The lowest BCUT2D eigenvalue weighted by Crippen LogP contribution is -2.26. The number of hydrogen-bond acceptors (Lipinski definition) is 4. The van der Waals surface area contributed by atoms with Crippen molar-refractivity contribution in [2.45, 2.75) is 18.8 Å². The van der Waals surface area contributed by atoms with Crippen molar-refractivity contribution in [2.24, 2.45) is 0 Å². The molecular weight excluding hydrogens is 228 g/mol. The number of H-pyrrole nitrogens is 1. The average Bonchev–Trinajstić information content (AvgIpc) is 2.20. The molecule has 2 rings (SSSR count). The molecule has 0 radical (unpaired) electrons. The molecule has 5 nitrogen and oxygen atoms in total. The van der Waals surface area contributed by atoms with E-state index in [1.807, 2.05) is 0 Å². The molecule has 0 spiro atoms. The number of hydrogen-bond donors (Lipinski definition) is 2. The summed E-state index contributed by atoms with van der Waals surface area (Å²) in [7, 11) is -2.96. The molecule has 1 fully saturated rings. The lowest BCUT2D eigenvalue weighted by molar-refractivity contribution is 0.549. The van der Waals surface area contributed by atoms with Gasteiger partial charge in [0.25, 0.3) is 5.56 Å². The summed E-state index contributed by atoms with van der Waals surface area (Å²) < 4.78 is 22.9. The Morgan fingerprint density at radius 2 is 2.12 bits per heavy atom. The van der Waals surface area contributed by atoms with Crippen LogP contribution in [-0.4, -0.2) is 24.9 Å². The second kappa shape index (κ2) is 3.93. The summed E-state index contributed by atoms with van der Waals surface area (Å²) in [5.41, 5.74) is 5.89. The molecule has 1 unspecified atom stereocenters. The Balaban J connectivity index is 2.31. The number of pyridine rings is 1. The fourth-order valence-electron chi connectivity index (χ4n) is 2.01. The molecule has 0 aromatic carbocycles. The van der Waals surface area contributed by atoms with Crippen LogP contribution in [0.2, 0.25) is 0 Å². The van der Waals surface area contributed by atoms with Crippen molar-refractivity contribution in [1.29, 1.82) is 0 Å². The van der Waals surface area contributed by atoms with Crippen molar-refractivity contribution >= 4 is 15.5 Å². The maximum atomic E-state index is 11.5. The number of nitrogens with two attached hydrogens (primary N) is 1. The van der Waals surface area contributed by atoms with Gasteiger partial charge in [0.1, 0.15) is 0 Å². The van der Waals surface area contributed by atoms with Crippen molar-refractivity contribution in [2.75, 3.05) is 17.2 Å². The Labute approximate surface area is 93.6 Å². The van der Waals surface area contributed by atoms with Crippen LogP contribution >= 0.6 is 0 Å². The maximum absolute atomic E-state index is 11.5. The van der Waals surface area contributed by atoms with Gasteiger partial charge in [-0.25, -0.2) is 8.42 Å². The Morgan fingerprint density at radius 1 is 1.38 bits per heavy atom. The zero-order chi connectivity index (χ0) is 11.8. The first kappa shape index (κ1) is 11.2. The molecule has 0 aliphatic carbocycles. The highest BCUT2D eigenvalue weighted by atomic mass is 32.2. The van der Waals surface area contributed by atoms with Crippen molar-refractivity contribution in [3.8, 4) is 0 Å². The maximum Gasteiger partial charge on any atom is 0.271 e. The Bertz CT molecular complexity index is 547. The molecule has 1 aromatic rings. The third-order valence-corrected chi connectivity index (χ3v) is 4.69. The van der Waals surface area contributed by atoms with Crippen LogP contribution in [0.1, 0.15) is 24.5 Å². The smallest absolute Gasteiger partial charge is 0.271 e. The quantitative estimate of drug-likeness (QED) is 0.738. The van der Waals surface area contributed by atoms with Gasteiger partial charge in [-0.1, -0.05) is 0 Å². The number of nitrogens with one attached hydrogen (secondary N) is 1. The molecule has 1 aromatic heterocycles. The van der Waals surface area contributed by atoms with Crippen LogP contribution in [0.5, 0.6) is 0 Å². The van der Waals surface area contributed by atoms with Crippen LogP contribution < -0.4 is 11.3 Å². The Kier molecular flexibility index (Phi) is 2.75. The summed E-state index contributed by atoms with van der Waals surface area (Å²) >= 11 is 0. The molecule has 1 saturated heterocycles. The molecule has 0 amide bonds. The van der Waals surface area contributed by atoms with Crippen LogP contribution in [0.4, 0.5) is 5.69 Å². The third-order valence-electron chi connectivity index (χ3n) is 2.87. The topological polar surface area (TPSA) is 93.0 Å². The first-order valence-electron chi connectivity index (χ1n) is 5.17. The minimum absolute atomic E-state index is 0.105. The zero-order valence-corrected chi connectivity index (χ0v) is 9.59. The van der Waals surface area contributed by atoms with Crippen LogP contribution in [-0.2, 0) is 9.84 Å². The highest BCUT2D eigenvalue weighted by Gasteiger charge is 2.26. The number of rotatable bonds is 1. The van der Waals surface area contributed by atoms with E-state index in [0.717, 1.165) is 6.42 Å². The molecule has 0 bridgehead atoms. The van der Waals surface area contributed by atoms with E-state index in [9.17, 15) is 13.2 Å². The summed E-state index contributed by atoms with van der Waals surface area (Å²) in [5.74, 6) is 0.266. The van der Waals surface area contributed by atoms with Crippen LogP contribution in [0.15, 0.2) is 16.9 Å². The summed E-state index contributed by atoms with van der Waals surface area (Å²) in [6.07, 6.45) is 1.44. The van der Waals surface area contributed by atoms with Crippen molar-refractivity contribution in [3.63, 3.8) is 0 Å². The zero-order valence-electron chi connectivity index (χ0n) is 8.77. The van der Waals surface area contributed by atoms with Crippen molar-refractivity contribution in [3.05, 3.63) is 28.2 Å². The molecule has 1 aliphatic rings. The highest BCUT2D eigenvalue weighted by molar-refractivity contribution is 7.91. The monoisotopic (exact) mass is 242 g/mol. The second-order valence-electron chi connectivity index (χ2n) is 4.15. The fraction of sp³-hybridized carbons (Fsp3) is 0.500.